The first-order valence-corrected chi connectivity index (χ1v) is 9.57. The van der Waals surface area contributed by atoms with Crippen LogP contribution in [-0.2, 0) is 6.54 Å². The monoisotopic (exact) mass is 418 g/mol. The molecule has 0 spiro atoms. The molecule has 1 saturated heterocycles. The van der Waals surface area contributed by atoms with Crippen molar-refractivity contribution in [3.05, 3.63) is 51.8 Å². The van der Waals surface area contributed by atoms with Crippen molar-refractivity contribution in [2.45, 2.75) is 25.2 Å². The average molecular weight is 419 g/mol. The second-order valence-corrected chi connectivity index (χ2v) is 7.66. The number of hydrogen-bond donors (Lipinski definition) is 1. The first kappa shape index (κ1) is 18.9. The van der Waals surface area contributed by atoms with Gasteiger partial charge in [0, 0.05) is 24.3 Å². The number of nitrogens with zero attached hydrogens (tertiary/aromatic N) is 5. The summed E-state index contributed by atoms with van der Waals surface area (Å²) in [4.78, 5) is 11.0. The van der Waals surface area contributed by atoms with Crippen molar-refractivity contribution in [1.82, 2.24) is 14.5 Å². The second-order valence-electron chi connectivity index (χ2n) is 6.82. The molecule has 0 aliphatic carbocycles. The third kappa shape index (κ3) is 3.51. The van der Waals surface area contributed by atoms with Gasteiger partial charge in [0.15, 0.2) is 0 Å². The lowest BCUT2D eigenvalue weighted by molar-refractivity contribution is 0.243. The number of rotatable bonds is 3. The summed E-state index contributed by atoms with van der Waals surface area (Å²) in [5.74, 6) is 0.646. The molecule has 3 heterocycles. The van der Waals surface area contributed by atoms with Crippen molar-refractivity contribution >= 4 is 40.2 Å². The van der Waals surface area contributed by atoms with E-state index in [1.807, 2.05) is 9.47 Å². The van der Waals surface area contributed by atoms with E-state index in [0.29, 0.717) is 53.1 Å². The normalized spacial score (nSPS) is 19.8. The molecule has 0 bridgehead atoms. The summed E-state index contributed by atoms with van der Waals surface area (Å²) in [6, 6.07) is 8.43. The van der Waals surface area contributed by atoms with Gasteiger partial charge in [-0.2, -0.15) is 5.26 Å². The maximum atomic E-state index is 13.9. The summed E-state index contributed by atoms with van der Waals surface area (Å²) in [5, 5.41) is 9.91. The summed E-state index contributed by atoms with van der Waals surface area (Å²) >= 11 is 12.6. The van der Waals surface area contributed by atoms with Crippen LogP contribution in [0, 0.1) is 11.3 Å². The number of pyridine rings is 1. The number of alkyl halides is 1. The number of aromatic nitrogens is 3. The van der Waals surface area contributed by atoms with Crippen molar-refractivity contribution in [3.8, 4) is 6.07 Å². The van der Waals surface area contributed by atoms with E-state index in [9.17, 15) is 4.39 Å². The van der Waals surface area contributed by atoms with Crippen LogP contribution in [0.1, 0.15) is 17.7 Å². The lowest BCUT2D eigenvalue weighted by Crippen LogP contribution is -2.50. The van der Waals surface area contributed by atoms with E-state index in [1.165, 1.54) is 6.20 Å². The number of nitrogens with two attached hydrogens (primary N) is 1. The first-order valence-electron chi connectivity index (χ1n) is 8.81. The molecule has 2 atom stereocenters. The fraction of sp³-hybridized carbons (Fsp3) is 0.316. The van der Waals surface area contributed by atoms with E-state index in [2.05, 4.69) is 11.1 Å². The first-order chi connectivity index (χ1) is 13.5. The highest BCUT2D eigenvalue weighted by atomic mass is 35.5. The zero-order valence-electron chi connectivity index (χ0n) is 14.8. The molecule has 1 aromatic carbocycles. The van der Waals surface area contributed by atoms with Crippen LogP contribution in [-0.4, -0.2) is 39.8 Å². The molecule has 0 amide bonds. The van der Waals surface area contributed by atoms with Gasteiger partial charge in [-0.3, -0.25) is 4.98 Å². The van der Waals surface area contributed by atoms with Crippen molar-refractivity contribution in [3.63, 3.8) is 0 Å². The molecule has 1 aliphatic rings. The molecular weight excluding hydrogens is 402 g/mol. The molecule has 28 heavy (non-hydrogen) atoms. The minimum atomic E-state index is -1.02. The van der Waals surface area contributed by atoms with Crippen molar-refractivity contribution < 1.29 is 4.39 Å². The second kappa shape index (κ2) is 7.55. The highest BCUT2D eigenvalue weighted by Gasteiger charge is 2.29. The molecular formula is C19H17Cl2FN6. The Labute approximate surface area is 171 Å². The molecule has 144 valence electrons. The third-order valence-electron chi connectivity index (χ3n) is 4.88. The summed E-state index contributed by atoms with van der Waals surface area (Å²) in [6.07, 6.45) is 0.847. The fourth-order valence-corrected chi connectivity index (χ4v) is 3.94. The van der Waals surface area contributed by atoms with Crippen LogP contribution >= 0.6 is 23.2 Å². The smallest absolute Gasteiger partial charge is 0.207 e. The van der Waals surface area contributed by atoms with Crippen LogP contribution in [0.5, 0.6) is 0 Å². The van der Waals surface area contributed by atoms with E-state index < -0.39 is 12.2 Å². The number of nitriles is 1. The van der Waals surface area contributed by atoms with Crippen LogP contribution in [0.3, 0.4) is 0 Å². The van der Waals surface area contributed by atoms with Gasteiger partial charge in [-0.25, -0.2) is 9.37 Å². The van der Waals surface area contributed by atoms with E-state index >= 15 is 0 Å². The summed E-state index contributed by atoms with van der Waals surface area (Å²) in [5.41, 5.74) is 8.56. The lowest BCUT2D eigenvalue weighted by Gasteiger charge is -2.34. The Morgan fingerprint density at radius 2 is 2.14 bits per heavy atom. The molecule has 0 radical (unpaired) electrons. The van der Waals surface area contributed by atoms with Crippen molar-refractivity contribution in [1.29, 1.82) is 5.26 Å². The van der Waals surface area contributed by atoms with Gasteiger partial charge in [-0.05, 0) is 30.7 Å². The number of halogens is 3. The molecule has 2 aromatic heterocycles. The van der Waals surface area contributed by atoms with Crippen LogP contribution < -0.4 is 10.6 Å². The number of benzene rings is 1. The zero-order chi connectivity index (χ0) is 19.8. The molecule has 4 rings (SSSR count). The minimum Gasteiger partial charge on any atom is -0.340 e. The van der Waals surface area contributed by atoms with Gasteiger partial charge in [0.1, 0.15) is 17.8 Å². The average Bonchev–Trinajstić information content (AvgIpc) is 3.03. The van der Waals surface area contributed by atoms with Gasteiger partial charge in [0.05, 0.1) is 34.4 Å². The van der Waals surface area contributed by atoms with Gasteiger partial charge in [-0.15, -0.1) is 0 Å². The van der Waals surface area contributed by atoms with E-state index in [-0.39, 0.29) is 0 Å². The largest absolute Gasteiger partial charge is 0.340 e. The summed E-state index contributed by atoms with van der Waals surface area (Å²) in [6.45, 7) is 1.26. The molecule has 9 heteroatoms. The molecule has 0 saturated carbocycles. The van der Waals surface area contributed by atoms with Gasteiger partial charge in [0.2, 0.25) is 5.95 Å². The van der Waals surface area contributed by atoms with Crippen molar-refractivity contribution in [2.24, 2.45) is 5.73 Å². The highest BCUT2D eigenvalue weighted by molar-refractivity contribution is 6.38. The number of hydrogen-bond acceptors (Lipinski definition) is 5. The third-order valence-corrected chi connectivity index (χ3v) is 5.39. The molecule has 1 fully saturated rings. The molecule has 6 nitrogen and oxygen atoms in total. The Morgan fingerprint density at radius 3 is 2.82 bits per heavy atom. The molecule has 1 aliphatic heterocycles. The van der Waals surface area contributed by atoms with Crippen LogP contribution in [0.25, 0.3) is 11.0 Å². The van der Waals surface area contributed by atoms with Crippen molar-refractivity contribution in [2.75, 3.05) is 18.0 Å². The number of anilines is 1. The Hall–Kier alpha value is -2.40. The SMILES string of the molecule is N#Cc1ccc(Cn2c(N3CC[C@H](F)[C@H](N)C3)nc3c(Cl)cc(Cl)cc32)nc1. The molecule has 0 unspecified atom stereocenters. The predicted molar refractivity (Wildman–Crippen MR) is 108 cm³/mol. The Morgan fingerprint density at radius 1 is 1.32 bits per heavy atom. The highest BCUT2D eigenvalue weighted by Crippen LogP contribution is 2.33. The molecule has 2 N–H and O–H groups in total. The predicted octanol–water partition coefficient (Wildman–Crippen LogP) is 3.53. The maximum absolute atomic E-state index is 13.9. The lowest BCUT2D eigenvalue weighted by atomic mass is 10.1. The van der Waals surface area contributed by atoms with Gasteiger partial charge >= 0.3 is 0 Å². The Balaban J connectivity index is 1.80. The molecule has 3 aromatic rings. The van der Waals surface area contributed by atoms with Gasteiger partial charge in [0.25, 0.3) is 0 Å². The van der Waals surface area contributed by atoms with E-state index in [4.69, 9.17) is 39.2 Å². The number of imidazole rings is 1. The topological polar surface area (TPSA) is 83.8 Å². The van der Waals surface area contributed by atoms with Gasteiger partial charge < -0.3 is 15.2 Å². The fourth-order valence-electron chi connectivity index (χ4n) is 3.42. The quantitative estimate of drug-likeness (QED) is 0.702. The zero-order valence-corrected chi connectivity index (χ0v) is 16.3. The minimum absolute atomic E-state index is 0.341. The van der Waals surface area contributed by atoms with E-state index in [1.54, 1.807) is 24.3 Å². The summed E-state index contributed by atoms with van der Waals surface area (Å²) < 4.78 is 15.8. The maximum Gasteiger partial charge on any atom is 0.207 e. The van der Waals surface area contributed by atoms with Crippen LogP contribution in [0.4, 0.5) is 10.3 Å². The van der Waals surface area contributed by atoms with Gasteiger partial charge in [-0.1, -0.05) is 23.2 Å². The van der Waals surface area contributed by atoms with E-state index in [0.717, 1.165) is 11.2 Å². The Bertz CT molecular complexity index is 1060. The van der Waals surface area contributed by atoms with Crippen LogP contribution in [0.2, 0.25) is 10.0 Å². The standard InChI is InChI=1S/C19H17Cl2FN6/c20-12-5-14(21)18-17(6-12)28(9-13-2-1-11(7-23)8-25-13)19(26-18)27-4-3-15(22)16(24)10-27/h1-2,5-6,8,15-16H,3-4,9-10,24H2/t15-,16+/m0/s1. The van der Waals surface area contributed by atoms with Crippen LogP contribution in [0.15, 0.2) is 30.5 Å². The summed E-state index contributed by atoms with van der Waals surface area (Å²) in [7, 11) is 0. The number of fused-ring (bicyclic) bond motifs is 1. The number of piperidine rings is 1. The Kier molecular flexibility index (Phi) is 5.11.